The number of carbonyl (C=O) groups excluding carboxylic acids is 2. The van der Waals surface area contributed by atoms with Crippen LogP contribution in [0.5, 0.6) is 5.75 Å². The zero-order chi connectivity index (χ0) is 22.3. The van der Waals surface area contributed by atoms with Gasteiger partial charge in [0.25, 0.3) is 11.8 Å². The highest BCUT2D eigenvalue weighted by molar-refractivity contribution is 5.95. The molecule has 2 amide bonds. The van der Waals surface area contributed by atoms with Crippen LogP contribution in [-0.2, 0) is 4.79 Å². The average Bonchev–Trinajstić information content (AvgIpc) is 3.15. The Hall–Kier alpha value is -3.68. The van der Waals surface area contributed by atoms with Crippen molar-refractivity contribution in [2.75, 3.05) is 6.61 Å². The van der Waals surface area contributed by atoms with E-state index in [1.165, 1.54) is 19.3 Å². The van der Waals surface area contributed by atoms with Crippen LogP contribution in [0.25, 0.3) is 5.65 Å². The SMILES string of the molecule is Cc1nc2ccccn2c1C(=O)N/N=C\c1ccc(OCC(=O)NC2CCCCC2)cc1. The lowest BCUT2D eigenvalue weighted by Gasteiger charge is -2.22. The highest BCUT2D eigenvalue weighted by atomic mass is 16.5. The maximum atomic E-state index is 12.5. The zero-order valence-electron chi connectivity index (χ0n) is 18.1. The summed E-state index contributed by atoms with van der Waals surface area (Å²) in [5.74, 6) is 0.181. The van der Waals surface area contributed by atoms with Gasteiger partial charge in [-0.25, -0.2) is 10.4 Å². The molecule has 166 valence electrons. The number of nitrogens with one attached hydrogen (secondary N) is 2. The summed E-state index contributed by atoms with van der Waals surface area (Å²) in [6.07, 6.45) is 9.04. The largest absolute Gasteiger partial charge is 0.484 e. The second-order valence-corrected chi connectivity index (χ2v) is 7.93. The smallest absolute Gasteiger partial charge is 0.290 e. The van der Waals surface area contributed by atoms with Crippen molar-refractivity contribution in [3.05, 3.63) is 65.6 Å². The van der Waals surface area contributed by atoms with Crippen LogP contribution in [0.15, 0.2) is 53.8 Å². The first-order chi connectivity index (χ1) is 15.6. The van der Waals surface area contributed by atoms with E-state index in [-0.39, 0.29) is 24.5 Å². The number of imidazole rings is 1. The van der Waals surface area contributed by atoms with Gasteiger partial charge in [-0.3, -0.25) is 14.0 Å². The Balaban J connectivity index is 1.27. The van der Waals surface area contributed by atoms with E-state index in [4.69, 9.17) is 4.74 Å². The van der Waals surface area contributed by atoms with Crippen LogP contribution in [0.4, 0.5) is 0 Å². The summed E-state index contributed by atoms with van der Waals surface area (Å²) in [6.45, 7) is 1.79. The monoisotopic (exact) mass is 433 g/mol. The van der Waals surface area contributed by atoms with Crippen LogP contribution in [-0.4, -0.2) is 40.1 Å². The number of rotatable bonds is 7. The van der Waals surface area contributed by atoms with Crippen molar-refractivity contribution in [3.63, 3.8) is 0 Å². The summed E-state index contributed by atoms with van der Waals surface area (Å²) >= 11 is 0. The summed E-state index contributed by atoms with van der Waals surface area (Å²) in [5, 5.41) is 7.08. The molecule has 1 aliphatic carbocycles. The zero-order valence-corrected chi connectivity index (χ0v) is 18.1. The standard InChI is InChI=1S/C24H27N5O3/c1-17-23(29-14-6-5-9-21(29)26-17)24(31)28-25-15-18-10-12-20(13-11-18)32-16-22(30)27-19-7-3-2-4-8-19/h5-6,9-15,19H,2-4,7-8,16H2,1H3,(H,27,30)(H,28,31)/b25-15-. The molecule has 1 aliphatic rings. The molecule has 4 rings (SSSR count). The lowest BCUT2D eigenvalue weighted by Crippen LogP contribution is -2.38. The summed E-state index contributed by atoms with van der Waals surface area (Å²) in [5.41, 5.74) is 5.14. The molecule has 32 heavy (non-hydrogen) atoms. The molecule has 2 aromatic heterocycles. The highest BCUT2D eigenvalue weighted by Gasteiger charge is 2.16. The number of pyridine rings is 1. The van der Waals surface area contributed by atoms with Gasteiger partial charge in [0.05, 0.1) is 11.9 Å². The van der Waals surface area contributed by atoms with Crippen LogP contribution < -0.4 is 15.5 Å². The molecule has 0 radical (unpaired) electrons. The molecule has 0 bridgehead atoms. The predicted molar refractivity (Wildman–Crippen MR) is 122 cm³/mol. The third-order valence-electron chi connectivity index (χ3n) is 5.52. The molecule has 8 heteroatoms. The van der Waals surface area contributed by atoms with E-state index in [9.17, 15) is 9.59 Å². The number of carbonyl (C=O) groups is 2. The average molecular weight is 434 g/mol. The Morgan fingerprint density at radius 3 is 2.72 bits per heavy atom. The molecule has 0 aliphatic heterocycles. The highest BCUT2D eigenvalue weighted by Crippen LogP contribution is 2.17. The van der Waals surface area contributed by atoms with E-state index >= 15 is 0 Å². The third kappa shape index (κ3) is 5.32. The fourth-order valence-electron chi connectivity index (χ4n) is 3.92. The molecule has 0 unspecified atom stereocenters. The Morgan fingerprint density at radius 2 is 1.94 bits per heavy atom. The van der Waals surface area contributed by atoms with Gasteiger partial charge in [0.15, 0.2) is 6.61 Å². The van der Waals surface area contributed by atoms with Gasteiger partial charge in [-0.05, 0) is 61.7 Å². The van der Waals surface area contributed by atoms with Gasteiger partial charge in [0, 0.05) is 12.2 Å². The number of nitrogens with zero attached hydrogens (tertiary/aromatic N) is 3. The van der Waals surface area contributed by atoms with Crippen molar-refractivity contribution in [2.45, 2.75) is 45.1 Å². The fraction of sp³-hybridized carbons (Fsp3) is 0.333. The number of aryl methyl sites for hydroxylation is 1. The Morgan fingerprint density at radius 1 is 1.16 bits per heavy atom. The normalized spacial score (nSPS) is 14.5. The van der Waals surface area contributed by atoms with Crippen molar-refractivity contribution in [1.29, 1.82) is 0 Å². The van der Waals surface area contributed by atoms with Gasteiger partial charge in [-0.1, -0.05) is 25.3 Å². The second kappa shape index (κ2) is 10.1. The quantitative estimate of drug-likeness (QED) is 0.442. The van der Waals surface area contributed by atoms with E-state index in [1.807, 2.05) is 30.3 Å². The minimum absolute atomic E-state index is 0.00134. The molecule has 1 fully saturated rings. The van der Waals surface area contributed by atoms with Crippen molar-refractivity contribution in [2.24, 2.45) is 5.10 Å². The number of ether oxygens (including phenoxy) is 1. The second-order valence-electron chi connectivity index (χ2n) is 7.93. The molecule has 8 nitrogen and oxygen atoms in total. The molecule has 1 saturated carbocycles. The van der Waals surface area contributed by atoms with Gasteiger partial charge < -0.3 is 10.1 Å². The number of hydrogen-bond acceptors (Lipinski definition) is 5. The number of fused-ring (bicyclic) bond motifs is 1. The van der Waals surface area contributed by atoms with Crippen LogP contribution in [0, 0.1) is 6.92 Å². The minimum Gasteiger partial charge on any atom is -0.484 e. The van der Waals surface area contributed by atoms with Gasteiger partial charge >= 0.3 is 0 Å². The van der Waals surface area contributed by atoms with Crippen LogP contribution in [0.3, 0.4) is 0 Å². The minimum atomic E-state index is -0.332. The Labute approximate surface area is 186 Å². The molecular formula is C24H27N5O3. The maximum absolute atomic E-state index is 12.5. The summed E-state index contributed by atoms with van der Waals surface area (Å²) < 4.78 is 7.31. The van der Waals surface area contributed by atoms with Crippen LogP contribution >= 0.6 is 0 Å². The molecule has 0 saturated heterocycles. The first-order valence-electron chi connectivity index (χ1n) is 10.9. The molecule has 2 heterocycles. The molecule has 0 spiro atoms. The van der Waals surface area contributed by atoms with Gasteiger partial charge in [0.2, 0.25) is 0 Å². The third-order valence-corrected chi connectivity index (χ3v) is 5.52. The van der Waals surface area contributed by atoms with Crippen LogP contribution in [0.2, 0.25) is 0 Å². The van der Waals surface area contributed by atoms with Crippen molar-refractivity contribution >= 4 is 23.7 Å². The first-order valence-corrected chi connectivity index (χ1v) is 10.9. The van der Waals surface area contributed by atoms with Crippen LogP contribution in [0.1, 0.15) is 53.8 Å². The topological polar surface area (TPSA) is 97.1 Å². The number of hydrazone groups is 1. The van der Waals surface area contributed by atoms with Crippen molar-refractivity contribution < 1.29 is 14.3 Å². The fourth-order valence-corrected chi connectivity index (χ4v) is 3.92. The summed E-state index contributed by atoms with van der Waals surface area (Å²) in [4.78, 5) is 29.0. The molecule has 0 atom stereocenters. The van der Waals surface area contributed by atoms with E-state index in [0.717, 1.165) is 18.4 Å². The van der Waals surface area contributed by atoms with Gasteiger partial charge in [-0.15, -0.1) is 0 Å². The van der Waals surface area contributed by atoms with E-state index in [2.05, 4.69) is 20.8 Å². The molecular weight excluding hydrogens is 406 g/mol. The van der Waals surface area contributed by atoms with Crippen molar-refractivity contribution in [3.8, 4) is 5.75 Å². The number of amides is 2. The molecule has 3 aromatic rings. The Bertz CT molecular complexity index is 1110. The van der Waals surface area contributed by atoms with E-state index in [1.54, 1.807) is 35.9 Å². The number of hydrogen-bond donors (Lipinski definition) is 2. The number of benzene rings is 1. The summed E-state index contributed by atoms with van der Waals surface area (Å²) in [6, 6.07) is 13.0. The predicted octanol–water partition coefficient (Wildman–Crippen LogP) is 3.23. The van der Waals surface area contributed by atoms with Gasteiger partial charge in [0.1, 0.15) is 17.1 Å². The van der Waals surface area contributed by atoms with Gasteiger partial charge in [-0.2, -0.15) is 5.10 Å². The van der Waals surface area contributed by atoms with Crippen molar-refractivity contribution in [1.82, 2.24) is 20.1 Å². The lowest BCUT2D eigenvalue weighted by atomic mass is 9.95. The van der Waals surface area contributed by atoms with E-state index < -0.39 is 0 Å². The maximum Gasteiger partial charge on any atom is 0.290 e. The lowest BCUT2D eigenvalue weighted by molar-refractivity contribution is -0.124. The van der Waals surface area contributed by atoms with E-state index in [0.29, 0.717) is 22.8 Å². The first kappa shape index (κ1) is 21.5. The molecule has 2 N–H and O–H groups in total. The molecule has 1 aromatic carbocycles. The Kier molecular flexibility index (Phi) is 6.79. The number of aromatic nitrogens is 2. The summed E-state index contributed by atoms with van der Waals surface area (Å²) in [7, 11) is 0.